The fraction of sp³-hybridized carbons (Fsp3) is 0.190. The largest absolute Gasteiger partial charge is 0.333 e. The summed E-state index contributed by atoms with van der Waals surface area (Å²) in [6.45, 7) is 2.08. The van der Waals surface area contributed by atoms with E-state index in [0.717, 1.165) is 22.7 Å². The predicted molar refractivity (Wildman–Crippen MR) is 119 cm³/mol. The minimum Gasteiger partial charge on any atom is -0.333 e. The maximum Gasteiger partial charge on any atom is 0.279 e. The molecule has 0 saturated heterocycles. The molecule has 168 valence electrons. The average molecular weight is 467 g/mol. The number of rotatable bonds is 5. The normalized spacial score (nSPS) is 12.7. The summed E-state index contributed by atoms with van der Waals surface area (Å²) in [5.41, 5.74) is -0.0250. The number of fused-ring (bicyclic) bond motifs is 1. The Kier molecular flexibility index (Phi) is 5.84. The van der Waals surface area contributed by atoms with E-state index in [1.165, 1.54) is 18.3 Å². The molecule has 0 spiro atoms. The van der Waals surface area contributed by atoms with Crippen molar-refractivity contribution in [3.63, 3.8) is 0 Å². The van der Waals surface area contributed by atoms with Crippen LogP contribution in [0.5, 0.6) is 0 Å². The van der Waals surface area contributed by atoms with E-state index in [1.54, 1.807) is 29.2 Å². The second-order valence-electron chi connectivity index (χ2n) is 7.34. The lowest BCUT2D eigenvalue weighted by Crippen LogP contribution is -2.35. The average Bonchev–Trinajstić information content (AvgIpc) is 3.20. The molecule has 1 aliphatic heterocycles. The second-order valence-corrected chi connectivity index (χ2v) is 8.42. The third kappa shape index (κ3) is 4.41. The molecule has 11 nitrogen and oxygen atoms in total. The lowest BCUT2D eigenvalue weighted by atomic mass is 10.1. The van der Waals surface area contributed by atoms with Crippen molar-refractivity contribution in [1.29, 1.82) is 0 Å². The van der Waals surface area contributed by atoms with Crippen molar-refractivity contribution < 1.29 is 19.4 Å². The van der Waals surface area contributed by atoms with Crippen LogP contribution < -0.4 is 5.32 Å². The molecule has 2 amide bonds. The maximum absolute atomic E-state index is 12.7. The Labute approximate surface area is 191 Å². The molecule has 1 aromatic heterocycles. The monoisotopic (exact) mass is 467 g/mol. The summed E-state index contributed by atoms with van der Waals surface area (Å²) >= 11 is 1.19. The van der Waals surface area contributed by atoms with Crippen LogP contribution in [0, 0.1) is 27.2 Å². The number of hydrogen-bond donors (Lipinski definition) is 1. The summed E-state index contributed by atoms with van der Waals surface area (Å²) < 4.78 is 0. The number of nitrogens with zero attached hydrogens (tertiary/aromatic N) is 4. The molecule has 1 aliphatic rings. The zero-order valence-corrected chi connectivity index (χ0v) is 18.1. The predicted octanol–water partition coefficient (Wildman–Crippen LogP) is 3.72. The molecule has 1 N–H and O–H groups in total. The number of benzene rings is 2. The Morgan fingerprint density at radius 3 is 2.30 bits per heavy atom. The van der Waals surface area contributed by atoms with Crippen LogP contribution in [0.25, 0.3) is 0 Å². The van der Waals surface area contributed by atoms with E-state index in [9.17, 15) is 29.8 Å². The summed E-state index contributed by atoms with van der Waals surface area (Å²) in [7, 11) is 0. The van der Waals surface area contributed by atoms with E-state index in [2.05, 4.69) is 10.3 Å². The molecule has 3 aromatic rings. The van der Waals surface area contributed by atoms with E-state index in [-0.39, 0.29) is 22.2 Å². The number of aromatic nitrogens is 1. The molecule has 0 atom stereocenters. The molecule has 0 bridgehead atoms. The van der Waals surface area contributed by atoms with Gasteiger partial charge in [0.05, 0.1) is 27.6 Å². The summed E-state index contributed by atoms with van der Waals surface area (Å²) in [5, 5.41) is 25.3. The maximum atomic E-state index is 12.7. The molecule has 0 fully saturated rings. The molecule has 2 heterocycles. The molecule has 4 rings (SSSR count). The van der Waals surface area contributed by atoms with E-state index in [4.69, 9.17) is 0 Å². The number of nitrogens with one attached hydrogen (secondary N) is 1. The lowest BCUT2D eigenvalue weighted by Gasteiger charge is -2.26. The Bertz CT molecular complexity index is 1250. The molecule has 12 heteroatoms. The first-order valence-electron chi connectivity index (χ1n) is 9.82. The van der Waals surface area contributed by atoms with Gasteiger partial charge >= 0.3 is 0 Å². The Balaban J connectivity index is 1.54. The van der Waals surface area contributed by atoms with Gasteiger partial charge in [-0.2, -0.15) is 0 Å². The van der Waals surface area contributed by atoms with Crippen molar-refractivity contribution in [2.45, 2.75) is 19.9 Å². The van der Waals surface area contributed by atoms with Gasteiger partial charge in [-0.1, -0.05) is 29.5 Å². The van der Waals surface area contributed by atoms with Gasteiger partial charge in [0.2, 0.25) is 0 Å². The summed E-state index contributed by atoms with van der Waals surface area (Å²) in [4.78, 5) is 53.3. The minimum absolute atomic E-state index is 0.0977. The third-order valence-corrected chi connectivity index (χ3v) is 6.27. The fourth-order valence-electron chi connectivity index (χ4n) is 3.55. The quantitative estimate of drug-likeness (QED) is 0.444. The highest BCUT2D eigenvalue weighted by molar-refractivity contribution is 7.15. The van der Waals surface area contributed by atoms with Crippen molar-refractivity contribution in [3.05, 3.63) is 90.0 Å². The summed E-state index contributed by atoms with van der Waals surface area (Å²) in [6.07, 6.45) is 0.516. The van der Waals surface area contributed by atoms with Gasteiger partial charge in [0.1, 0.15) is 5.56 Å². The van der Waals surface area contributed by atoms with E-state index in [0.29, 0.717) is 25.1 Å². The van der Waals surface area contributed by atoms with Crippen molar-refractivity contribution in [1.82, 2.24) is 9.88 Å². The number of amides is 2. The molecule has 0 unspecified atom stereocenters. The number of carbonyl (C=O) groups excluding carboxylic acids is 2. The minimum atomic E-state index is -0.764. The Morgan fingerprint density at radius 1 is 1.06 bits per heavy atom. The topological polar surface area (TPSA) is 149 Å². The van der Waals surface area contributed by atoms with Gasteiger partial charge in [-0.3, -0.25) is 35.1 Å². The standard InChI is InChI=1S/C21H17N5O6S/c1-12-16(25(29)30)9-14(10-17(12)26(31)32)19(27)23-21-22-15-7-8-24(11-18(15)33-21)20(28)13-5-3-2-4-6-13/h2-6,9-10H,7-8,11H2,1H3,(H,22,23,27). The van der Waals surface area contributed by atoms with Gasteiger partial charge in [-0.25, -0.2) is 4.98 Å². The van der Waals surface area contributed by atoms with Gasteiger partial charge in [0.25, 0.3) is 23.2 Å². The molecule has 0 saturated carbocycles. The first-order valence-corrected chi connectivity index (χ1v) is 10.6. The molecular formula is C21H17N5O6S. The van der Waals surface area contributed by atoms with Crippen LogP contribution >= 0.6 is 11.3 Å². The van der Waals surface area contributed by atoms with Crippen LogP contribution in [-0.4, -0.2) is 38.1 Å². The second kappa shape index (κ2) is 8.74. The van der Waals surface area contributed by atoms with Gasteiger partial charge in [0.15, 0.2) is 5.13 Å². The number of carbonyl (C=O) groups is 2. The molecule has 33 heavy (non-hydrogen) atoms. The molecule has 2 aromatic carbocycles. The van der Waals surface area contributed by atoms with Crippen LogP contribution in [0.4, 0.5) is 16.5 Å². The van der Waals surface area contributed by atoms with Crippen molar-refractivity contribution >= 4 is 39.7 Å². The van der Waals surface area contributed by atoms with Gasteiger partial charge in [0, 0.05) is 35.5 Å². The number of nitro groups is 2. The summed E-state index contributed by atoms with van der Waals surface area (Å²) in [5.74, 6) is -0.843. The zero-order chi connectivity index (χ0) is 23.7. The van der Waals surface area contributed by atoms with E-state index < -0.39 is 27.1 Å². The van der Waals surface area contributed by atoms with Crippen molar-refractivity contribution in [3.8, 4) is 0 Å². The highest BCUT2D eigenvalue weighted by Gasteiger charge is 2.28. The van der Waals surface area contributed by atoms with E-state index in [1.807, 2.05) is 6.07 Å². The number of anilines is 1. The van der Waals surface area contributed by atoms with Crippen LogP contribution in [0.3, 0.4) is 0 Å². The first kappa shape index (κ1) is 22.0. The number of thiazole rings is 1. The summed E-state index contributed by atoms with van der Waals surface area (Å²) in [6, 6.07) is 10.9. The van der Waals surface area contributed by atoms with Crippen molar-refractivity contribution in [2.75, 3.05) is 11.9 Å². The van der Waals surface area contributed by atoms with Crippen LogP contribution in [0.2, 0.25) is 0 Å². The lowest BCUT2D eigenvalue weighted by molar-refractivity contribution is -0.395. The highest BCUT2D eigenvalue weighted by Crippen LogP contribution is 2.32. The van der Waals surface area contributed by atoms with Crippen LogP contribution in [-0.2, 0) is 13.0 Å². The fourth-order valence-corrected chi connectivity index (χ4v) is 4.57. The van der Waals surface area contributed by atoms with Gasteiger partial charge in [-0.15, -0.1) is 0 Å². The third-order valence-electron chi connectivity index (χ3n) is 5.27. The van der Waals surface area contributed by atoms with E-state index >= 15 is 0 Å². The van der Waals surface area contributed by atoms with Crippen LogP contribution in [0.1, 0.15) is 36.9 Å². The molecular weight excluding hydrogens is 450 g/mol. The number of hydrogen-bond acceptors (Lipinski definition) is 8. The van der Waals surface area contributed by atoms with Gasteiger partial charge < -0.3 is 4.90 Å². The number of nitro benzene ring substituents is 2. The molecule has 0 radical (unpaired) electrons. The molecule has 0 aliphatic carbocycles. The zero-order valence-electron chi connectivity index (χ0n) is 17.3. The Hall–Kier alpha value is -4.19. The van der Waals surface area contributed by atoms with Crippen LogP contribution in [0.15, 0.2) is 42.5 Å². The highest BCUT2D eigenvalue weighted by atomic mass is 32.1. The smallest absolute Gasteiger partial charge is 0.279 e. The van der Waals surface area contributed by atoms with Gasteiger partial charge in [-0.05, 0) is 19.1 Å². The Morgan fingerprint density at radius 2 is 1.70 bits per heavy atom. The first-order chi connectivity index (χ1) is 15.7. The van der Waals surface area contributed by atoms with Crippen molar-refractivity contribution in [2.24, 2.45) is 0 Å². The SMILES string of the molecule is Cc1c([N+](=O)[O-])cc(C(=O)Nc2nc3c(s2)CN(C(=O)c2ccccc2)CC3)cc1[N+](=O)[O-].